The molecule has 1 aliphatic carbocycles. The second-order valence-corrected chi connectivity index (χ2v) is 4.98. The van der Waals surface area contributed by atoms with Gasteiger partial charge in [-0.15, -0.1) is 0 Å². The van der Waals surface area contributed by atoms with E-state index >= 15 is 0 Å². The van der Waals surface area contributed by atoms with Crippen LogP contribution in [0.25, 0.3) is 0 Å². The van der Waals surface area contributed by atoms with Crippen molar-refractivity contribution in [2.45, 2.75) is 50.8 Å². The molecule has 0 aromatic rings. The fourth-order valence-electron chi connectivity index (χ4n) is 2.19. The van der Waals surface area contributed by atoms with E-state index in [-0.39, 0.29) is 17.7 Å². The van der Waals surface area contributed by atoms with Gasteiger partial charge in [0.15, 0.2) is 0 Å². The molecular formula is C11H19NO3. The van der Waals surface area contributed by atoms with Gasteiger partial charge in [0.1, 0.15) is 6.04 Å². The summed E-state index contributed by atoms with van der Waals surface area (Å²) in [4.78, 5) is 11.1. The fourth-order valence-corrected chi connectivity index (χ4v) is 2.19. The van der Waals surface area contributed by atoms with Crippen molar-refractivity contribution in [2.75, 3.05) is 6.61 Å². The predicted molar refractivity (Wildman–Crippen MR) is 55.7 cm³/mol. The van der Waals surface area contributed by atoms with Crippen LogP contribution in [0.1, 0.15) is 33.1 Å². The Hall–Kier alpha value is -0.610. The number of hydrogen-bond donors (Lipinski definition) is 2. The standard InChI is InChI=1S/C11H19NO3/c1-7-11(2,5-6-15-7)12-9(10(13)14)8-3-4-8/h7-9,12H,3-6H2,1-2H3,(H,13,14). The molecule has 0 bridgehead atoms. The molecule has 3 unspecified atom stereocenters. The summed E-state index contributed by atoms with van der Waals surface area (Å²) >= 11 is 0. The number of carboxylic acid groups (broad SMARTS) is 1. The molecular weight excluding hydrogens is 194 g/mol. The summed E-state index contributed by atoms with van der Waals surface area (Å²) in [5, 5.41) is 12.4. The zero-order chi connectivity index (χ0) is 11.1. The van der Waals surface area contributed by atoms with Gasteiger partial charge in [0.25, 0.3) is 0 Å². The van der Waals surface area contributed by atoms with Gasteiger partial charge < -0.3 is 9.84 Å². The number of carboxylic acids is 1. The average Bonchev–Trinajstić information content (AvgIpc) is 2.92. The predicted octanol–water partition coefficient (Wildman–Crippen LogP) is 1.01. The van der Waals surface area contributed by atoms with Gasteiger partial charge in [-0.1, -0.05) is 0 Å². The van der Waals surface area contributed by atoms with E-state index in [0.29, 0.717) is 5.92 Å². The molecule has 1 saturated carbocycles. The number of ether oxygens (including phenoxy) is 1. The molecule has 2 fully saturated rings. The summed E-state index contributed by atoms with van der Waals surface area (Å²) < 4.78 is 5.49. The normalized spacial score (nSPS) is 37.9. The van der Waals surface area contributed by atoms with Crippen molar-refractivity contribution in [3.63, 3.8) is 0 Å². The Morgan fingerprint density at radius 2 is 2.27 bits per heavy atom. The highest BCUT2D eigenvalue weighted by Crippen LogP contribution is 2.35. The van der Waals surface area contributed by atoms with E-state index in [1.54, 1.807) is 0 Å². The molecule has 1 heterocycles. The van der Waals surface area contributed by atoms with Crippen molar-refractivity contribution < 1.29 is 14.6 Å². The minimum atomic E-state index is -0.724. The molecule has 0 amide bonds. The van der Waals surface area contributed by atoms with E-state index < -0.39 is 5.97 Å². The maximum atomic E-state index is 11.1. The Balaban J connectivity index is 2.01. The van der Waals surface area contributed by atoms with E-state index in [1.807, 2.05) is 6.92 Å². The molecule has 0 aromatic heterocycles. The SMILES string of the molecule is CC1OCCC1(C)NC(C(=O)O)C1CC1. The Labute approximate surface area is 90.0 Å². The van der Waals surface area contributed by atoms with Gasteiger partial charge >= 0.3 is 5.97 Å². The van der Waals surface area contributed by atoms with Gasteiger partial charge in [0.2, 0.25) is 0 Å². The maximum absolute atomic E-state index is 11.1. The first kappa shape index (κ1) is 10.9. The van der Waals surface area contributed by atoms with E-state index in [2.05, 4.69) is 12.2 Å². The maximum Gasteiger partial charge on any atom is 0.321 e. The summed E-state index contributed by atoms with van der Waals surface area (Å²) in [6, 6.07) is -0.390. The van der Waals surface area contributed by atoms with E-state index in [0.717, 1.165) is 25.9 Å². The van der Waals surface area contributed by atoms with Crippen LogP contribution in [0.3, 0.4) is 0 Å². The van der Waals surface area contributed by atoms with Crippen molar-refractivity contribution in [2.24, 2.45) is 5.92 Å². The van der Waals surface area contributed by atoms with Crippen LogP contribution in [0.5, 0.6) is 0 Å². The van der Waals surface area contributed by atoms with Crippen molar-refractivity contribution in [1.29, 1.82) is 0 Å². The molecule has 0 aromatic carbocycles. The number of nitrogens with one attached hydrogen (secondary N) is 1. The zero-order valence-electron chi connectivity index (χ0n) is 9.32. The second kappa shape index (κ2) is 3.76. The number of rotatable bonds is 4. The minimum absolute atomic E-state index is 0.0955. The Kier molecular flexibility index (Phi) is 2.73. The van der Waals surface area contributed by atoms with Gasteiger partial charge in [-0.2, -0.15) is 0 Å². The largest absolute Gasteiger partial charge is 0.480 e. The number of carbonyl (C=O) groups is 1. The molecule has 1 saturated heterocycles. The zero-order valence-corrected chi connectivity index (χ0v) is 9.32. The van der Waals surface area contributed by atoms with E-state index in [9.17, 15) is 4.79 Å². The van der Waals surface area contributed by atoms with Gasteiger partial charge in [-0.05, 0) is 39.0 Å². The third kappa shape index (κ3) is 2.16. The summed E-state index contributed by atoms with van der Waals surface area (Å²) in [7, 11) is 0. The topological polar surface area (TPSA) is 58.6 Å². The fraction of sp³-hybridized carbons (Fsp3) is 0.909. The minimum Gasteiger partial charge on any atom is -0.480 e. The third-order valence-electron chi connectivity index (χ3n) is 3.73. The van der Waals surface area contributed by atoms with Crippen molar-refractivity contribution in [3.05, 3.63) is 0 Å². The molecule has 4 heteroatoms. The molecule has 1 aliphatic heterocycles. The highest BCUT2D eigenvalue weighted by molar-refractivity contribution is 5.74. The lowest BCUT2D eigenvalue weighted by molar-refractivity contribution is -0.140. The van der Waals surface area contributed by atoms with E-state index in [4.69, 9.17) is 9.84 Å². The molecule has 86 valence electrons. The van der Waals surface area contributed by atoms with Crippen molar-refractivity contribution in [3.8, 4) is 0 Å². The van der Waals surface area contributed by atoms with Crippen molar-refractivity contribution in [1.82, 2.24) is 5.32 Å². The van der Waals surface area contributed by atoms with Gasteiger partial charge in [0.05, 0.1) is 6.10 Å². The van der Waals surface area contributed by atoms with Gasteiger partial charge in [-0.3, -0.25) is 10.1 Å². The lowest BCUT2D eigenvalue weighted by Gasteiger charge is -2.32. The van der Waals surface area contributed by atoms with Gasteiger partial charge in [0, 0.05) is 12.1 Å². The summed E-state index contributed by atoms with van der Waals surface area (Å²) in [6.07, 6.45) is 3.06. The first-order chi connectivity index (χ1) is 7.03. The van der Waals surface area contributed by atoms with Crippen LogP contribution in [0, 0.1) is 5.92 Å². The highest BCUT2D eigenvalue weighted by atomic mass is 16.5. The van der Waals surface area contributed by atoms with Crippen molar-refractivity contribution >= 4 is 5.97 Å². The molecule has 3 atom stereocenters. The summed E-state index contributed by atoms with van der Waals surface area (Å²) in [5.74, 6) is -0.398. The molecule has 4 nitrogen and oxygen atoms in total. The molecule has 2 rings (SSSR count). The molecule has 2 aliphatic rings. The molecule has 0 radical (unpaired) electrons. The lowest BCUT2D eigenvalue weighted by Crippen LogP contribution is -2.55. The smallest absolute Gasteiger partial charge is 0.321 e. The first-order valence-electron chi connectivity index (χ1n) is 5.65. The molecule has 15 heavy (non-hydrogen) atoms. The average molecular weight is 213 g/mol. The lowest BCUT2D eigenvalue weighted by atomic mass is 9.92. The number of aliphatic carboxylic acids is 1. The molecule has 0 spiro atoms. The van der Waals surface area contributed by atoms with Crippen LogP contribution in [-0.4, -0.2) is 35.4 Å². The molecule has 2 N–H and O–H groups in total. The Bertz CT molecular complexity index is 265. The van der Waals surface area contributed by atoms with Crippen LogP contribution >= 0.6 is 0 Å². The van der Waals surface area contributed by atoms with Crippen LogP contribution < -0.4 is 5.32 Å². The van der Waals surface area contributed by atoms with Crippen LogP contribution in [0.2, 0.25) is 0 Å². The van der Waals surface area contributed by atoms with E-state index in [1.165, 1.54) is 0 Å². The first-order valence-corrected chi connectivity index (χ1v) is 5.65. The monoisotopic (exact) mass is 213 g/mol. The summed E-state index contributed by atoms with van der Waals surface area (Å²) in [6.45, 7) is 4.79. The Morgan fingerprint density at radius 3 is 2.67 bits per heavy atom. The van der Waals surface area contributed by atoms with Crippen LogP contribution in [0.4, 0.5) is 0 Å². The Morgan fingerprint density at radius 1 is 1.60 bits per heavy atom. The third-order valence-corrected chi connectivity index (χ3v) is 3.73. The highest BCUT2D eigenvalue weighted by Gasteiger charge is 2.44. The second-order valence-electron chi connectivity index (χ2n) is 4.98. The summed E-state index contributed by atoms with van der Waals surface area (Å²) in [5.41, 5.74) is -0.175. The quantitative estimate of drug-likeness (QED) is 0.731. The number of hydrogen-bond acceptors (Lipinski definition) is 3. The van der Waals surface area contributed by atoms with Crippen LogP contribution in [-0.2, 0) is 9.53 Å². The van der Waals surface area contributed by atoms with Gasteiger partial charge in [-0.25, -0.2) is 0 Å². The van der Waals surface area contributed by atoms with Crippen LogP contribution in [0.15, 0.2) is 0 Å².